The molecule has 0 radical (unpaired) electrons. The number of aromatic nitrogens is 1. The van der Waals surface area contributed by atoms with E-state index in [0.717, 1.165) is 0 Å². The number of carbonyl (C=O) groups is 1. The molecule has 2 heterocycles. The van der Waals surface area contributed by atoms with Gasteiger partial charge in [0.1, 0.15) is 23.5 Å². The van der Waals surface area contributed by atoms with Gasteiger partial charge in [0.15, 0.2) is 16.2 Å². The highest BCUT2D eigenvalue weighted by Crippen LogP contribution is 2.41. The van der Waals surface area contributed by atoms with Gasteiger partial charge < -0.3 is 4.42 Å². The maximum Gasteiger partial charge on any atom is 0.228 e. The van der Waals surface area contributed by atoms with Crippen molar-refractivity contribution in [3.05, 3.63) is 87.6 Å². The number of halogens is 1. The summed E-state index contributed by atoms with van der Waals surface area (Å²) in [6, 6.07) is 18.3. The third-order valence-electron chi connectivity index (χ3n) is 4.91. The lowest BCUT2D eigenvalue weighted by Crippen LogP contribution is -1.95. The van der Waals surface area contributed by atoms with Crippen molar-refractivity contribution in [1.29, 1.82) is 10.5 Å². The van der Waals surface area contributed by atoms with Crippen LogP contribution in [-0.2, 0) is 0 Å². The minimum atomic E-state index is -0.341. The lowest BCUT2D eigenvalue weighted by Gasteiger charge is -2.01. The van der Waals surface area contributed by atoms with Gasteiger partial charge in [-0.1, -0.05) is 24.3 Å². The third kappa shape index (κ3) is 3.05. The van der Waals surface area contributed by atoms with Crippen LogP contribution in [0, 0.1) is 28.5 Å². The number of nitriles is 2. The molecular weight excluding hydrogens is 413 g/mol. The first kappa shape index (κ1) is 18.7. The lowest BCUT2D eigenvalue weighted by atomic mass is 9.99. The summed E-state index contributed by atoms with van der Waals surface area (Å²) in [6.45, 7) is 0. The number of benzene rings is 2. The van der Waals surface area contributed by atoms with E-state index in [2.05, 4.69) is 4.98 Å². The van der Waals surface area contributed by atoms with Crippen molar-refractivity contribution in [2.24, 2.45) is 0 Å². The molecule has 2 aromatic carbocycles. The normalized spacial score (nSPS) is 14.0. The molecule has 5 rings (SSSR count). The smallest absolute Gasteiger partial charge is 0.228 e. The number of hydrogen-bond donors (Lipinski definition) is 0. The Morgan fingerprint density at radius 3 is 2.45 bits per heavy atom. The fourth-order valence-electron chi connectivity index (χ4n) is 3.53. The van der Waals surface area contributed by atoms with Crippen molar-refractivity contribution in [3.63, 3.8) is 0 Å². The van der Waals surface area contributed by atoms with Crippen LogP contribution >= 0.6 is 11.3 Å². The maximum atomic E-state index is 13.1. The Hall–Kier alpha value is -4.33. The van der Waals surface area contributed by atoms with Crippen molar-refractivity contribution in [1.82, 2.24) is 4.98 Å². The van der Waals surface area contributed by atoms with E-state index in [0.29, 0.717) is 49.0 Å². The lowest BCUT2D eigenvalue weighted by molar-refractivity contribution is 0.104. The predicted octanol–water partition coefficient (Wildman–Crippen LogP) is 5.78. The monoisotopic (exact) mass is 423 g/mol. The number of Topliss-reactive ketones (excluding diaryl/α,β-unsaturated/α-hetero) is 1. The zero-order chi connectivity index (χ0) is 21.5. The van der Waals surface area contributed by atoms with Crippen molar-refractivity contribution >= 4 is 39.2 Å². The van der Waals surface area contributed by atoms with Gasteiger partial charge in [-0.05, 0) is 35.9 Å². The van der Waals surface area contributed by atoms with Crippen LogP contribution in [0.15, 0.2) is 70.2 Å². The molecule has 5 nitrogen and oxygen atoms in total. The van der Waals surface area contributed by atoms with E-state index in [4.69, 9.17) is 4.42 Å². The van der Waals surface area contributed by atoms with E-state index in [1.165, 1.54) is 23.5 Å². The number of nitrogens with zero attached hydrogens (tertiary/aromatic N) is 3. The van der Waals surface area contributed by atoms with Gasteiger partial charge in [0.25, 0.3) is 0 Å². The summed E-state index contributed by atoms with van der Waals surface area (Å²) >= 11 is 1.32. The minimum Gasteiger partial charge on any atom is -0.435 e. The van der Waals surface area contributed by atoms with E-state index in [9.17, 15) is 19.7 Å². The Morgan fingerprint density at radius 2 is 1.77 bits per heavy atom. The Bertz CT molecular complexity index is 1480. The molecular formula is C24H10FN3O2S. The zero-order valence-corrected chi connectivity index (χ0v) is 16.5. The molecule has 0 N–H and O–H groups in total. The molecule has 0 aliphatic heterocycles. The van der Waals surface area contributed by atoms with Gasteiger partial charge in [-0.2, -0.15) is 15.5 Å². The van der Waals surface area contributed by atoms with Crippen LogP contribution in [0.1, 0.15) is 20.8 Å². The van der Waals surface area contributed by atoms with Crippen molar-refractivity contribution < 1.29 is 13.6 Å². The molecule has 1 aliphatic rings. The number of oxazole rings is 1. The number of thiophene rings is 1. The molecule has 4 aromatic rings. The molecule has 0 saturated heterocycles. The number of allylic oxidation sites excluding steroid dienone is 3. The van der Waals surface area contributed by atoms with E-state index in [-0.39, 0.29) is 17.2 Å². The highest BCUT2D eigenvalue weighted by atomic mass is 32.1. The summed E-state index contributed by atoms with van der Waals surface area (Å²) in [6.07, 6.45) is 1.66. The first-order valence-corrected chi connectivity index (χ1v) is 9.97. The van der Waals surface area contributed by atoms with Crippen LogP contribution in [0.3, 0.4) is 0 Å². The van der Waals surface area contributed by atoms with Gasteiger partial charge in [-0.25, -0.2) is 4.39 Å². The molecule has 31 heavy (non-hydrogen) atoms. The quantitative estimate of drug-likeness (QED) is 0.301. The standard InChI is InChI=1S/C24H10FN3O2S/c25-15-7-5-13(6-8-15)23-28-24-20(30-23)10-16(31-24)9-19-21(14(11-26)12-27)17-3-1-2-4-18(17)22(19)29/h1-10H/b19-9-. The zero-order valence-electron chi connectivity index (χ0n) is 15.7. The summed E-state index contributed by atoms with van der Waals surface area (Å²) in [5.74, 6) is -0.202. The molecule has 2 aromatic heterocycles. The summed E-state index contributed by atoms with van der Waals surface area (Å²) in [7, 11) is 0. The summed E-state index contributed by atoms with van der Waals surface area (Å²) in [5.41, 5.74) is 2.76. The Balaban J connectivity index is 1.60. The van der Waals surface area contributed by atoms with Crippen LogP contribution in [-0.4, -0.2) is 10.8 Å². The molecule has 146 valence electrons. The van der Waals surface area contributed by atoms with Gasteiger partial charge in [-0.15, -0.1) is 11.3 Å². The van der Waals surface area contributed by atoms with Gasteiger partial charge in [0, 0.05) is 33.2 Å². The predicted molar refractivity (Wildman–Crippen MR) is 114 cm³/mol. The molecule has 0 unspecified atom stereocenters. The van der Waals surface area contributed by atoms with Gasteiger partial charge in [0.2, 0.25) is 5.89 Å². The number of hydrogen-bond acceptors (Lipinski definition) is 6. The summed E-state index contributed by atoms with van der Waals surface area (Å²) in [5, 5.41) is 18.8. The topological polar surface area (TPSA) is 90.7 Å². The van der Waals surface area contributed by atoms with E-state index < -0.39 is 0 Å². The molecule has 0 bridgehead atoms. The molecule has 0 saturated carbocycles. The van der Waals surface area contributed by atoms with E-state index >= 15 is 0 Å². The van der Waals surface area contributed by atoms with E-state index in [1.54, 1.807) is 48.5 Å². The third-order valence-corrected chi connectivity index (χ3v) is 5.87. The second-order valence-electron chi connectivity index (χ2n) is 6.75. The second kappa shape index (κ2) is 7.17. The molecule has 1 aliphatic carbocycles. The molecule has 0 spiro atoms. The fraction of sp³-hybridized carbons (Fsp3) is 0. The molecule has 0 fully saturated rings. The SMILES string of the molecule is N#CC(C#N)=C1/C(=C/c2cc3oc(-c4ccc(F)cc4)nc3s2)C(=O)c2ccccc21. The van der Waals surface area contributed by atoms with Crippen molar-refractivity contribution in [2.45, 2.75) is 0 Å². The summed E-state index contributed by atoms with van der Waals surface area (Å²) < 4.78 is 18.9. The van der Waals surface area contributed by atoms with Crippen LogP contribution < -0.4 is 0 Å². The first-order chi connectivity index (χ1) is 15.1. The summed E-state index contributed by atoms with van der Waals surface area (Å²) in [4.78, 5) is 18.8. The average molecular weight is 423 g/mol. The number of ketones is 1. The average Bonchev–Trinajstić information content (AvgIpc) is 3.42. The first-order valence-electron chi connectivity index (χ1n) is 9.16. The van der Waals surface area contributed by atoms with Crippen LogP contribution in [0.25, 0.3) is 33.5 Å². The van der Waals surface area contributed by atoms with Crippen molar-refractivity contribution in [3.8, 4) is 23.6 Å². The molecule has 0 atom stereocenters. The minimum absolute atomic E-state index is 0.110. The highest BCUT2D eigenvalue weighted by molar-refractivity contribution is 7.19. The van der Waals surface area contributed by atoms with Gasteiger partial charge in [0.05, 0.1) is 0 Å². The Labute approximate surface area is 179 Å². The van der Waals surface area contributed by atoms with Gasteiger partial charge in [-0.3, -0.25) is 4.79 Å². The number of carbonyl (C=O) groups excluding carboxylic acids is 1. The second-order valence-corrected chi connectivity index (χ2v) is 7.81. The maximum absolute atomic E-state index is 13.1. The largest absolute Gasteiger partial charge is 0.435 e. The van der Waals surface area contributed by atoms with Crippen LogP contribution in [0.5, 0.6) is 0 Å². The number of rotatable bonds is 2. The van der Waals surface area contributed by atoms with E-state index in [1.807, 2.05) is 12.1 Å². The van der Waals surface area contributed by atoms with Crippen LogP contribution in [0.4, 0.5) is 4.39 Å². The molecule has 7 heteroatoms. The van der Waals surface area contributed by atoms with Crippen molar-refractivity contribution in [2.75, 3.05) is 0 Å². The van der Waals surface area contributed by atoms with Gasteiger partial charge >= 0.3 is 0 Å². The number of fused-ring (bicyclic) bond motifs is 2. The fourth-order valence-corrected chi connectivity index (χ4v) is 4.42. The molecule has 0 amide bonds. The Kier molecular flexibility index (Phi) is 4.32. The highest BCUT2D eigenvalue weighted by Gasteiger charge is 2.32. The Morgan fingerprint density at radius 1 is 1.06 bits per heavy atom. The van der Waals surface area contributed by atoms with Crippen LogP contribution in [0.2, 0.25) is 0 Å².